The Balaban J connectivity index is 2.07. The number of rotatable bonds is 1. The predicted octanol–water partition coefficient (Wildman–Crippen LogP) is 3.69. The van der Waals surface area contributed by atoms with Gasteiger partial charge in [-0.05, 0) is 68.9 Å². The lowest BCUT2D eigenvalue weighted by Gasteiger charge is -2.70. The molecule has 0 aromatic carbocycles. The van der Waals surface area contributed by atoms with Crippen LogP contribution in [-0.4, -0.2) is 24.5 Å². The van der Waals surface area contributed by atoms with Gasteiger partial charge in [0.1, 0.15) is 0 Å². The first kappa shape index (κ1) is 11.1. The van der Waals surface area contributed by atoms with Crippen LogP contribution in [0.5, 0.6) is 0 Å². The Morgan fingerprint density at radius 1 is 0.625 bits per heavy atom. The highest BCUT2D eigenvalue weighted by Gasteiger charge is 2.64. The van der Waals surface area contributed by atoms with Crippen LogP contribution in [0.25, 0.3) is 0 Å². The first-order valence-electron chi connectivity index (χ1n) is 6.86. The maximum absolute atomic E-state index is 2.55. The lowest BCUT2D eigenvalue weighted by molar-refractivity contribution is -0.186. The highest BCUT2D eigenvalue weighted by Crippen LogP contribution is 2.71. The molecule has 4 rings (SSSR count). The van der Waals surface area contributed by atoms with E-state index in [1.165, 1.54) is 38.5 Å². The molecule has 0 heterocycles. The Bertz CT molecular complexity index is 277. The molecule has 4 bridgehead atoms. The molecule has 0 spiro atoms. The van der Waals surface area contributed by atoms with E-state index >= 15 is 0 Å². The molecule has 92 valence electrons. The summed E-state index contributed by atoms with van der Waals surface area (Å²) in [6.07, 6.45) is 8.76. The van der Waals surface area contributed by atoms with Crippen LogP contribution < -0.4 is 0 Å². The average Bonchev–Trinajstić information content (AvgIpc) is 1.92. The highest BCUT2D eigenvalue weighted by molar-refractivity contribution is 5.17. The van der Waals surface area contributed by atoms with Gasteiger partial charge in [-0.1, -0.05) is 20.8 Å². The zero-order chi connectivity index (χ0) is 11.8. The minimum absolute atomic E-state index is 0.521. The Morgan fingerprint density at radius 3 is 1.19 bits per heavy atom. The van der Waals surface area contributed by atoms with Crippen molar-refractivity contribution in [1.82, 2.24) is 4.90 Å². The molecule has 0 aliphatic heterocycles. The summed E-state index contributed by atoms with van der Waals surface area (Å²) in [5.41, 5.74) is 2.40. The molecular weight excluding hydrogens is 194 g/mol. The van der Waals surface area contributed by atoms with Gasteiger partial charge in [0, 0.05) is 5.54 Å². The number of hydrogen-bond donors (Lipinski definition) is 0. The van der Waals surface area contributed by atoms with E-state index in [4.69, 9.17) is 0 Å². The molecule has 0 aromatic heterocycles. The quantitative estimate of drug-likeness (QED) is 0.653. The molecule has 1 heteroatoms. The second-order valence-corrected chi connectivity index (χ2v) is 8.61. The van der Waals surface area contributed by atoms with Crippen molar-refractivity contribution in [3.8, 4) is 0 Å². The van der Waals surface area contributed by atoms with Crippen molar-refractivity contribution in [2.45, 2.75) is 64.8 Å². The summed E-state index contributed by atoms with van der Waals surface area (Å²) in [6.45, 7) is 7.66. The molecule has 0 amide bonds. The molecule has 4 fully saturated rings. The van der Waals surface area contributed by atoms with Gasteiger partial charge in [-0.15, -0.1) is 0 Å². The third-order valence-corrected chi connectivity index (χ3v) is 5.78. The summed E-state index contributed by atoms with van der Waals surface area (Å²) >= 11 is 0. The van der Waals surface area contributed by atoms with Crippen molar-refractivity contribution in [2.24, 2.45) is 16.2 Å². The summed E-state index contributed by atoms with van der Waals surface area (Å²) in [5.74, 6) is 0. The summed E-state index contributed by atoms with van der Waals surface area (Å²) < 4.78 is 0. The van der Waals surface area contributed by atoms with Gasteiger partial charge in [0.25, 0.3) is 0 Å². The van der Waals surface area contributed by atoms with Crippen molar-refractivity contribution in [3.05, 3.63) is 0 Å². The Labute approximate surface area is 101 Å². The Hall–Kier alpha value is -0.0400. The molecule has 0 atom stereocenters. The maximum atomic E-state index is 2.55. The van der Waals surface area contributed by atoms with Crippen LogP contribution in [0.2, 0.25) is 0 Å². The van der Waals surface area contributed by atoms with Crippen LogP contribution in [0.15, 0.2) is 0 Å². The Kier molecular flexibility index (Phi) is 1.86. The largest absolute Gasteiger partial charge is 0.304 e. The van der Waals surface area contributed by atoms with Crippen molar-refractivity contribution < 1.29 is 0 Å². The van der Waals surface area contributed by atoms with E-state index in [0.29, 0.717) is 21.8 Å². The smallest absolute Gasteiger partial charge is 0.0219 e. The number of nitrogens with zero attached hydrogens (tertiary/aromatic N) is 1. The van der Waals surface area contributed by atoms with Crippen LogP contribution >= 0.6 is 0 Å². The van der Waals surface area contributed by atoms with E-state index in [2.05, 4.69) is 39.8 Å². The van der Waals surface area contributed by atoms with Gasteiger partial charge in [0.2, 0.25) is 0 Å². The van der Waals surface area contributed by atoms with Crippen LogP contribution in [0.1, 0.15) is 59.3 Å². The van der Waals surface area contributed by atoms with Crippen molar-refractivity contribution in [2.75, 3.05) is 14.1 Å². The SMILES string of the molecule is CN(C)C12CC3(C)CC(C)(CC(C)(C3)C1)C2. The van der Waals surface area contributed by atoms with Crippen LogP contribution in [-0.2, 0) is 0 Å². The fourth-order valence-corrected chi connectivity index (χ4v) is 6.70. The van der Waals surface area contributed by atoms with Gasteiger partial charge in [-0.2, -0.15) is 0 Å². The van der Waals surface area contributed by atoms with Crippen LogP contribution in [0, 0.1) is 16.2 Å². The van der Waals surface area contributed by atoms with E-state index in [0.717, 1.165) is 0 Å². The second kappa shape index (κ2) is 2.68. The molecule has 4 saturated carbocycles. The van der Waals surface area contributed by atoms with Crippen molar-refractivity contribution >= 4 is 0 Å². The van der Waals surface area contributed by atoms with Crippen LogP contribution in [0.3, 0.4) is 0 Å². The second-order valence-electron chi connectivity index (χ2n) is 8.61. The fourth-order valence-electron chi connectivity index (χ4n) is 6.70. The first-order valence-corrected chi connectivity index (χ1v) is 6.86. The van der Waals surface area contributed by atoms with Crippen LogP contribution in [0.4, 0.5) is 0 Å². The molecule has 1 nitrogen and oxygen atoms in total. The lowest BCUT2D eigenvalue weighted by Crippen LogP contribution is -2.66. The maximum Gasteiger partial charge on any atom is 0.0219 e. The van der Waals surface area contributed by atoms with Crippen molar-refractivity contribution in [3.63, 3.8) is 0 Å². The van der Waals surface area contributed by atoms with E-state index in [1.807, 2.05) is 0 Å². The highest BCUT2D eigenvalue weighted by atomic mass is 15.2. The summed E-state index contributed by atoms with van der Waals surface area (Å²) in [4.78, 5) is 2.55. The third-order valence-electron chi connectivity index (χ3n) is 5.78. The van der Waals surface area contributed by atoms with Gasteiger partial charge < -0.3 is 4.90 Å². The molecule has 4 aliphatic carbocycles. The third kappa shape index (κ3) is 1.33. The first-order chi connectivity index (χ1) is 7.19. The molecule has 4 aliphatic rings. The van der Waals surface area contributed by atoms with Gasteiger partial charge in [0.15, 0.2) is 0 Å². The molecule has 0 saturated heterocycles. The van der Waals surface area contributed by atoms with Gasteiger partial charge in [-0.25, -0.2) is 0 Å². The summed E-state index contributed by atoms with van der Waals surface area (Å²) in [7, 11) is 4.62. The standard InChI is InChI=1S/C15H27N/c1-12-6-13(2)8-14(3,7-12)11-15(9-12,10-13)16(4)5/h6-11H2,1-5H3. The zero-order valence-electron chi connectivity index (χ0n) is 11.7. The lowest BCUT2D eigenvalue weighted by atomic mass is 9.38. The normalized spacial score (nSPS) is 59.6. The molecule has 16 heavy (non-hydrogen) atoms. The summed E-state index contributed by atoms with van der Waals surface area (Å²) in [5, 5.41) is 0. The van der Waals surface area contributed by atoms with E-state index in [-0.39, 0.29) is 0 Å². The zero-order valence-corrected chi connectivity index (χ0v) is 11.7. The van der Waals surface area contributed by atoms with E-state index < -0.39 is 0 Å². The van der Waals surface area contributed by atoms with Gasteiger partial charge in [0.05, 0.1) is 0 Å². The molecule has 0 unspecified atom stereocenters. The fraction of sp³-hybridized carbons (Fsp3) is 1.00. The van der Waals surface area contributed by atoms with Crippen molar-refractivity contribution in [1.29, 1.82) is 0 Å². The molecule has 0 aromatic rings. The van der Waals surface area contributed by atoms with E-state index in [1.54, 1.807) is 0 Å². The number of hydrogen-bond acceptors (Lipinski definition) is 1. The van der Waals surface area contributed by atoms with Gasteiger partial charge >= 0.3 is 0 Å². The average molecular weight is 221 g/mol. The van der Waals surface area contributed by atoms with Gasteiger partial charge in [-0.3, -0.25) is 0 Å². The Morgan fingerprint density at radius 2 is 0.938 bits per heavy atom. The minimum atomic E-state index is 0.521. The van der Waals surface area contributed by atoms with E-state index in [9.17, 15) is 0 Å². The monoisotopic (exact) mass is 221 g/mol. The minimum Gasteiger partial charge on any atom is -0.304 e. The summed E-state index contributed by atoms with van der Waals surface area (Å²) in [6, 6.07) is 0. The molecular formula is C15H27N. The topological polar surface area (TPSA) is 3.24 Å². The molecule has 0 radical (unpaired) electrons. The molecule has 0 N–H and O–H groups in total. The predicted molar refractivity (Wildman–Crippen MR) is 68.4 cm³/mol.